The third-order valence-corrected chi connectivity index (χ3v) is 5.58. The van der Waals surface area contributed by atoms with Gasteiger partial charge in [0.2, 0.25) is 5.91 Å². The minimum Gasteiger partial charge on any atom is -0.378 e. The Balaban J connectivity index is 1.46. The number of carbonyl (C=O) groups excluding carboxylic acids is 1. The second-order valence-corrected chi connectivity index (χ2v) is 7.40. The van der Waals surface area contributed by atoms with Crippen molar-refractivity contribution < 1.29 is 9.53 Å². The molecule has 2 aliphatic heterocycles. The van der Waals surface area contributed by atoms with Crippen LogP contribution in [-0.2, 0) is 16.0 Å². The number of anilines is 1. The molecule has 0 aromatic carbocycles. The maximum atomic E-state index is 12.2. The molecule has 3 fully saturated rings. The number of piperidine rings is 1. The van der Waals surface area contributed by atoms with Crippen LogP contribution in [-0.4, -0.2) is 60.2 Å². The molecule has 0 radical (unpaired) electrons. The first-order chi connectivity index (χ1) is 12.2. The third-order valence-electron chi connectivity index (χ3n) is 5.58. The topological polar surface area (TPSA) is 58.6 Å². The molecule has 1 aromatic heterocycles. The molecule has 1 aliphatic carbocycles. The van der Waals surface area contributed by atoms with Crippen LogP contribution in [0.15, 0.2) is 6.07 Å². The summed E-state index contributed by atoms with van der Waals surface area (Å²) in [5, 5.41) is 0. The summed E-state index contributed by atoms with van der Waals surface area (Å²) in [6.07, 6.45) is 5.06. The van der Waals surface area contributed by atoms with Gasteiger partial charge in [0.25, 0.3) is 0 Å². The van der Waals surface area contributed by atoms with E-state index >= 15 is 0 Å². The molecule has 1 aromatic rings. The van der Waals surface area contributed by atoms with E-state index in [1.54, 1.807) is 0 Å². The zero-order valence-electron chi connectivity index (χ0n) is 15.1. The fourth-order valence-corrected chi connectivity index (χ4v) is 3.77. The molecule has 0 bridgehead atoms. The highest BCUT2D eigenvalue weighted by atomic mass is 16.5. The van der Waals surface area contributed by atoms with Crippen molar-refractivity contribution in [2.75, 3.05) is 44.3 Å². The van der Waals surface area contributed by atoms with Crippen molar-refractivity contribution in [3.05, 3.63) is 17.6 Å². The summed E-state index contributed by atoms with van der Waals surface area (Å²) in [5.41, 5.74) is 1.11. The molecular weight excluding hydrogens is 316 g/mol. The number of nitrogens with zero attached hydrogens (tertiary/aromatic N) is 4. The van der Waals surface area contributed by atoms with Crippen LogP contribution < -0.4 is 4.90 Å². The van der Waals surface area contributed by atoms with Crippen molar-refractivity contribution in [2.45, 2.75) is 44.9 Å². The van der Waals surface area contributed by atoms with Gasteiger partial charge in [-0.25, -0.2) is 9.97 Å². The number of likely N-dealkylation sites (tertiary alicyclic amines) is 1. The van der Waals surface area contributed by atoms with E-state index in [1.165, 1.54) is 0 Å². The maximum Gasteiger partial charge on any atom is 0.225 e. The Labute approximate surface area is 149 Å². The van der Waals surface area contributed by atoms with Gasteiger partial charge >= 0.3 is 0 Å². The van der Waals surface area contributed by atoms with E-state index in [0.29, 0.717) is 17.7 Å². The van der Waals surface area contributed by atoms with Gasteiger partial charge in [0.1, 0.15) is 11.6 Å². The quantitative estimate of drug-likeness (QED) is 0.836. The zero-order chi connectivity index (χ0) is 17.2. The van der Waals surface area contributed by atoms with Gasteiger partial charge in [-0.2, -0.15) is 0 Å². The fourth-order valence-electron chi connectivity index (χ4n) is 3.77. The second-order valence-electron chi connectivity index (χ2n) is 7.40. The summed E-state index contributed by atoms with van der Waals surface area (Å²) in [7, 11) is 0. The van der Waals surface area contributed by atoms with E-state index in [1.807, 2.05) is 0 Å². The average Bonchev–Trinajstić information content (AvgIpc) is 3.53. The fraction of sp³-hybridized carbons (Fsp3) is 0.737. The number of morpholine rings is 1. The first-order valence-corrected chi connectivity index (χ1v) is 9.74. The van der Waals surface area contributed by atoms with Gasteiger partial charge < -0.3 is 14.5 Å². The molecule has 3 heterocycles. The van der Waals surface area contributed by atoms with Crippen LogP contribution >= 0.6 is 0 Å². The Morgan fingerprint density at radius 2 is 1.84 bits per heavy atom. The standard InChI is InChI=1S/C19H28N4O2/c1-2-16-13-17(22-9-11-25-12-10-22)21-18(20-16)14-5-7-23(8-6-14)19(24)15-3-4-15/h13-15H,2-12H2,1H3. The molecule has 2 saturated heterocycles. The van der Waals surface area contributed by atoms with Crippen LogP contribution in [0.25, 0.3) is 0 Å². The molecule has 1 saturated carbocycles. The number of carbonyl (C=O) groups is 1. The SMILES string of the molecule is CCc1cc(N2CCOCC2)nc(C2CCN(C(=O)C3CC3)CC2)n1. The molecule has 3 aliphatic rings. The zero-order valence-corrected chi connectivity index (χ0v) is 15.1. The molecule has 0 spiro atoms. The third kappa shape index (κ3) is 3.78. The number of aromatic nitrogens is 2. The van der Waals surface area contributed by atoms with E-state index < -0.39 is 0 Å². The number of rotatable bonds is 4. The Kier molecular flexibility index (Phi) is 4.88. The number of aryl methyl sites for hydroxylation is 1. The largest absolute Gasteiger partial charge is 0.378 e. The first-order valence-electron chi connectivity index (χ1n) is 9.74. The summed E-state index contributed by atoms with van der Waals surface area (Å²) < 4.78 is 5.46. The minimum atomic E-state index is 0.323. The van der Waals surface area contributed by atoms with Crippen molar-refractivity contribution in [3.63, 3.8) is 0 Å². The van der Waals surface area contributed by atoms with Crippen LogP contribution in [0, 0.1) is 5.92 Å². The molecule has 0 N–H and O–H groups in total. The highest BCUT2D eigenvalue weighted by Gasteiger charge is 2.35. The molecule has 4 rings (SSSR count). The lowest BCUT2D eigenvalue weighted by Crippen LogP contribution is -2.39. The number of hydrogen-bond donors (Lipinski definition) is 0. The van der Waals surface area contributed by atoms with Crippen molar-refractivity contribution >= 4 is 11.7 Å². The Morgan fingerprint density at radius 1 is 1.12 bits per heavy atom. The van der Waals surface area contributed by atoms with Gasteiger partial charge in [-0.3, -0.25) is 4.79 Å². The monoisotopic (exact) mass is 344 g/mol. The van der Waals surface area contributed by atoms with Crippen molar-refractivity contribution in [1.29, 1.82) is 0 Å². The summed E-state index contributed by atoms with van der Waals surface area (Å²) in [6, 6.07) is 2.13. The number of amides is 1. The predicted molar refractivity (Wildman–Crippen MR) is 95.7 cm³/mol. The normalized spacial score (nSPS) is 22.3. The average molecular weight is 344 g/mol. The molecule has 25 heavy (non-hydrogen) atoms. The van der Waals surface area contributed by atoms with Gasteiger partial charge in [0.15, 0.2) is 0 Å². The molecule has 136 valence electrons. The number of hydrogen-bond acceptors (Lipinski definition) is 5. The lowest BCUT2D eigenvalue weighted by atomic mass is 9.95. The molecular formula is C19H28N4O2. The van der Waals surface area contributed by atoms with Crippen LogP contribution in [0.1, 0.15) is 50.0 Å². The Hall–Kier alpha value is -1.69. The second kappa shape index (κ2) is 7.28. The lowest BCUT2D eigenvalue weighted by molar-refractivity contribution is -0.133. The van der Waals surface area contributed by atoms with Gasteiger partial charge in [-0.1, -0.05) is 6.92 Å². The molecule has 0 atom stereocenters. The summed E-state index contributed by atoms with van der Waals surface area (Å²) >= 11 is 0. The van der Waals surface area contributed by atoms with Crippen molar-refractivity contribution in [1.82, 2.24) is 14.9 Å². The van der Waals surface area contributed by atoms with Crippen LogP contribution in [0.3, 0.4) is 0 Å². The maximum absolute atomic E-state index is 12.2. The van der Waals surface area contributed by atoms with E-state index in [9.17, 15) is 4.79 Å². The van der Waals surface area contributed by atoms with Crippen molar-refractivity contribution in [2.24, 2.45) is 5.92 Å². The van der Waals surface area contributed by atoms with Crippen LogP contribution in [0.2, 0.25) is 0 Å². The van der Waals surface area contributed by atoms with Crippen molar-refractivity contribution in [3.8, 4) is 0 Å². The molecule has 0 unspecified atom stereocenters. The highest BCUT2D eigenvalue weighted by Crippen LogP contribution is 2.34. The summed E-state index contributed by atoms with van der Waals surface area (Å²) in [5.74, 6) is 3.08. The molecule has 1 amide bonds. The van der Waals surface area contributed by atoms with E-state index in [2.05, 4.69) is 22.8 Å². The van der Waals surface area contributed by atoms with Gasteiger partial charge in [0, 0.05) is 49.8 Å². The minimum absolute atomic E-state index is 0.323. The molecule has 6 heteroatoms. The smallest absolute Gasteiger partial charge is 0.225 e. The summed E-state index contributed by atoms with van der Waals surface area (Å²) in [4.78, 5) is 26.3. The van der Waals surface area contributed by atoms with Gasteiger partial charge in [-0.05, 0) is 32.1 Å². The highest BCUT2D eigenvalue weighted by molar-refractivity contribution is 5.81. The predicted octanol–water partition coefficient (Wildman–Crippen LogP) is 1.99. The van der Waals surface area contributed by atoms with E-state index in [0.717, 1.165) is 88.8 Å². The van der Waals surface area contributed by atoms with Crippen LogP contribution in [0.4, 0.5) is 5.82 Å². The lowest BCUT2D eigenvalue weighted by Gasteiger charge is -2.32. The van der Waals surface area contributed by atoms with Gasteiger partial charge in [0.05, 0.1) is 13.2 Å². The molecule has 6 nitrogen and oxygen atoms in total. The Bertz CT molecular complexity index is 618. The van der Waals surface area contributed by atoms with Gasteiger partial charge in [-0.15, -0.1) is 0 Å². The first kappa shape index (κ1) is 16.8. The van der Waals surface area contributed by atoms with E-state index in [4.69, 9.17) is 14.7 Å². The van der Waals surface area contributed by atoms with Crippen LogP contribution in [0.5, 0.6) is 0 Å². The summed E-state index contributed by atoms with van der Waals surface area (Å²) in [6.45, 7) is 7.18. The number of ether oxygens (including phenoxy) is 1. The van der Waals surface area contributed by atoms with E-state index in [-0.39, 0.29) is 0 Å². The Morgan fingerprint density at radius 3 is 2.48 bits per heavy atom.